The highest BCUT2D eigenvalue weighted by Gasteiger charge is 2.40. The molecule has 0 unspecified atom stereocenters. The molecule has 1 aliphatic carbocycles. The molecule has 1 saturated carbocycles. The van der Waals surface area contributed by atoms with E-state index in [1.54, 1.807) is 0 Å². The highest BCUT2D eigenvalue weighted by atomic mass is 15.3. The largest absolute Gasteiger partial charge is 0.302 e. The van der Waals surface area contributed by atoms with Crippen molar-refractivity contribution >= 4 is 0 Å². The second kappa shape index (κ2) is 4.66. The first-order chi connectivity index (χ1) is 7.86. The number of likely N-dealkylation sites (N-methyl/N-ethyl adjacent to an activating group) is 1. The topological polar surface area (TPSA) is 6.48 Å². The Kier molecular flexibility index (Phi) is 3.21. The second-order valence-electron chi connectivity index (χ2n) is 6.08. The summed E-state index contributed by atoms with van der Waals surface area (Å²) in [4.78, 5) is 5.53. The molecule has 0 aromatic rings. The third kappa shape index (κ3) is 1.91. The molecule has 0 aromatic carbocycles. The summed E-state index contributed by atoms with van der Waals surface area (Å²) >= 11 is 0. The second-order valence-corrected chi connectivity index (χ2v) is 6.08. The zero-order valence-corrected chi connectivity index (χ0v) is 10.7. The van der Waals surface area contributed by atoms with E-state index in [1.807, 2.05) is 0 Å². The standard InChI is InChI=1S/C14H26N2/c1-15-10-5-4-8-14-13(15)9-11-16(14)12-6-2-3-7-12/h12-14H,2-11H2,1H3/t13-,14-/m1/s1. The van der Waals surface area contributed by atoms with Gasteiger partial charge in [-0.05, 0) is 45.7 Å². The van der Waals surface area contributed by atoms with Crippen LogP contribution in [0.15, 0.2) is 0 Å². The number of rotatable bonds is 1. The van der Waals surface area contributed by atoms with Crippen LogP contribution in [0.4, 0.5) is 0 Å². The van der Waals surface area contributed by atoms with Crippen LogP contribution in [0, 0.1) is 0 Å². The molecule has 2 heteroatoms. The van der Waals surface area contributed by atoms with Crippen molar-refractivity contribution in [2.75, 3.05) is 20.1 Å². The van der Waals surface area contributed by atoms with Gasteiger partial charge in [-0.2, -0.15) is 0 Å². The lowest BCUT2D eigenvalue weighted by Crippen LogP contribution is -2.45. The molecule has 2 atom stereocenters. The van der Waals surface area contributed by atoms with Crippen molar-refractivity contribution in [2.24, 2.45) is 0 Å². The van der Waals surface area contributed by atoms with Gasteiger partial charge in [0.25, 0.3) is 0 Å². The van der Waals surface area contributed by atoms with Crippen LogP contribution in [-0.4, -0.2) is 48.1 Å². The molecule has 16 heavy (non-hydrogen) atoms. The fourth-order valence-electron chi connectivity index (χ4n) is 4.30. The molecule has 2 nitrogen and oxygen atoms in total. The summed E-state index contributed by atoms with van der Waals surface area (Å²) in [7, 11) is 2.35. The summed E-state index contributed by atoms with van der Waals surface area (Å²) in [6, 6.07) is 2.72. The van der Waals surface area contributed by atoms with Crippen LogP contribution in [0.3, 0.4) is 0 Å². The van der Waals surface area contributed by atoms with Crippen molar-refractivity contribution in [3.05, 3.63) is 0 Å². The molecule has 2 saturated heterocycles. The summed E-state index contributed by atoms with van der Waals surface area (Å²) in [5.74, 6) is 0. The van der Waals surface area contributed by atoms with Crippen molar-refractivity contribution in [3.8, 4) is 0 Å². The van der Waals surface area contributed by atoms with Crippen LogP contribution in [0.25, 0.3) is 0 Å². The Bertz CT molecular complexity index is 235. The predicted molar refractivity (Wildman–Crippen MR) is 67.6 cm³/mol. The van der Waals surface area contributed by atoms with E-state index < -0.39 is 0 Å². The van der Waals surface area contributed by atoms with E-state index >= 15 is 0 Å². The maximum atomic E-state index is 2.89. The summed E-state index contributed by atoms with van der Waals surface area (Å²) in [5, 5.41) is 0. The van der Waals surface area contributed by atoms with Gasteiger partial charge in [-0.3, -0.25) is 4.90 Å². The summed E-state index contributed by atoms with van der Waals surface area (Å²) < 4.78 is 0. The smallest absolute Gasteiger partial charge is 0.0260 e. The van der Waals surface area contributed by atoms with E-state index in [4.69, 9.17) is 0 Å². The van der Waals surface area contributed by atoms with E-state index in [-0.39, 0.29) is 0 Å². The Morgan fingerprint density at radius 2 is 1.50 bits per heavy atom. The van der Waals surface area contributed by atoms with Gasteiger partial charge in [0.15, 0.2) is 0 Å². The molecule has 0 N–H and O–H groups in total. The minimum Gasteiger partial charge on any atom is -0.302 e. The van der Waals surface area contributed by atoms with Gasteiger partial charge in [-0.25, -0.2) is 0 Å². The van der Waals surface area contributed by atoms with Gasteiger partial charge >= 0.3 is 0 Å². The molecule has 2 aliphatic heterocycles. The molecule has 2 heterocycles. The average molecular weight is 222 g/mol. The van der Waals surface area contributed by atoms with Gasteiger partial charge in [-0.15, -0.1) is 0 Å². The fraction of sp³-hybridized carbons (Fsp3) is 1.00. The van der Waals surface area contributed by atoms with E-state index in [0.717, 1.165) is 18.1 Å². The molecule has 92 valence electrons. The van der Waals surface area contributed by atoms with Crippen LogP contribution in [0.1, 0.15) is 51.4 Å². The molecule has 3 rings (SSSR count). The zero-order chi connectivity index (χ0) is 11.0. The predicted octanol–water partition coefficient (Wildman–Crippen LogP) is 2.49. The number of nitrogens with zero attached hydrogens (tertiary/aromatic N) is 2. The first kappa shape index (κ1) is 11.0. The van der Waals surface area contributed by atoms with E-state index in [9.17, 15) is 0 Å². The maximum absolute atomic E-state index is 2.89. The number of hydrogen-bond acceptors (Lipinski definition) is 2. The van der Waals surface area contributed by atoms with Crippen molar-refractivity contribution in [1.82, 2.24) is 9.80 Å². The molecular formula is C14H26N2. The molecule has 0 radical (unpaired) electrons. The molecular weight excluding hydrogens is 196 g/mol. The quantitative estimate of drug-likeness (QED) is 0.672. The van der Waals surface area contributed by atoms with Crippen molar-refractivity contribution < 1.29 is 0 Å². The highest BCUT2D eigenvalue weighted by Crippen LogP contribution is 2.35. The minimum atomic E-state index is 0.878. The number of fused-ring (bicyclic) bond motifs is 1. The molecule has 3 fully saturated rings. The van der Waals surface area contributed by atoms with Crippen LogP contribution < -0.4 is 0 Å². The van der Waals surface area contributed by atoms with Gasteiger partial charge in [0, 0.05) is 24.7 Å². The van der Waals surface area contributed by atoms with Gasteiger partial charge in [0.2, 0.25) is 0 Å². The van der Waals surface area contributed by atoms with E-state index in [1.165, 1.54) is 64.5 Å². The minimum absolute atomic E-state index is 0.878. The Labute approximate surface area is 100.0 Å². The number of likely N-dealkylation sites (tertiary alicyclic amines) is 2. The molecule has 0 aromatic heterocycles. The lowest BCUT2D eigenvalue weighted by molar-refractivity contribution is 0.137. The zero-order valence-electron chi connectivity index (χ0n) is 10.7. The first-order valence-corrected chi connectivity index (χ1v) is 7.32. The van der Waals surface area contributed by atoms with Crippen LogP contribution in [0.2, 0.25) is 0 Å². The summed E-state index contributed by atoms with van der Waals surface area (Å²) in [6.45, 7) is 2.71. The fourth-order valence-corrected chi connectivity index (χ4v) is 4.30. The third-order valence-corrected chi connectivity index (χ3v) is 5.17. The van der Waals surface area contributed by atoms with Gasteiger partial charge in [0.05, 0.1) is 0 Å². The lowest BCUT2D eigenvalue weighted by atomic mass is 10.0. The molecule has 0 bridgehead atoms. The SMILES string of the molecule is CN1CCCC[C@@H]2[C@H]1CCN2C1CCCC1. The normalized spacial score (nSPS) is 38.8. The van der Waals surface area contributed by atoms with Gasteiger partial charge in [-0.1, -0.05) is 19.3 Å². The Morgan fingerprint density at radius 1 is 0.750 bits per heavy atom. The van der Waals surface area contributed by atoms with Crippen molar-refractivity contribution in [1.29, 1.82) is 0 Å². The lowest BCUT2D eigenvalue weighted by Gasteiger charge is -2.34. The molecule has 0 amide bonds. The molecule has 0 spiro atoms. The van der Waals surface area contributed by atoms with Crippen molar-refractivity contribution in [2.45, 2.75) is 69.5 Å². The van der Waals surface area contributed by atoms with Gasteiger partial charge in [0.1, 0.15) is 0 Å². The van der Waals surface area contributed by atoms with Gasteiger partial charge < -0.3 is 4.90 Å². The monoisotopic (exact) mass is 222 g/mol. The first-order valence-electron chi connectivity index (χ1n) is 7.32. The van der Waals surface area contributed by atoms with Crippen LogP contribution >= 0.6 is 0 Å². The molecule has 3 aliphatic rings. The Hall–Kier alpha value is -0.0800. The van der Waals surface area contributed by atoms with Crippen molar-refractivity contribution in [3.63, 3.8) is 0 Å². The van der Waals surface area contributed by atoms with E-state index in [2.05, 4.69) is 16.8 Å². The Balaban J connectivity index is 1.71. The van der Waals surface area contributed by atoms with Crippen LogP contribution in [0.5, 0.6) is 0 Å². The summed E-state index contributed by atoms with van der Waals surface area (Å²) in [5.41, 5.74) is 0. The maximum Gasteiger partial charge on any atom is 0.0260 e. The van der Waals surface area contributed by atoms with Crippen LogP contribution in [-0.2, 0) is 0 Å². The number of hydrogen-bond donors (Lipinski definition) is 0. The van der Waals surface area contributed by atoms with E-state index in [0.29, 0.717) is 0 Å². The average Bonchev–Trinajstić information content (AvgIpc) is 2.89. The summed E-state index contributed by atoms with van der Waals surface area (Å²) in [6.07, 6.45) is 11.7. The Morgan fingerprint density at radius 3 is 2.31 bits per heavy atom. The highest BCUT2D eigenvalue weighted by molar-refractivity contribution is 4.97. The third-order valence-electron chi connectivity index (χ3n) is 5.17.